The molecule has 1 unspecified atom stereocenters. The lowest BCUT2D eigenvalue weighted by Gasteiger charge is -2.18. The monoisotopic (exact) mass is 1140 g/mol. The van der Waals surface area contributed by atoms with E-state index in [0.29, 0.717) is 19.3 Å². The smallest absolute Gasteiger partial charge is 0.306 e. The van der Waals surface area contributed by atoms with Crippen molar-refractivity contribution in [3.8, 4) is 0 Å². The number of ether oxygens (including phenoxy) is 3. The van der Waals surface area contributed by atoms with Gasteiger partial charge in [0.25, 0.3) is 0 Å². The molecule has 0 amide bonds. The zero-order valence-electron chi connectivity index (χ0n) is 54.5. The van der Waals surface area contributed by atoms with Gasteiger partial charge < -0.3 is 14.2 Å². The van der Waals surface area contributed by atoms with Gasteiger partial charge in [-0.15, -0.1) is 0 Å². The van der Waals surface area contributed by atoms with Crippen LogP contribution in [0.2, 0.25) is 0 Å². The highest BCUT2D eigenvalue weighted by Gasteiger charge is 2.19. The lowest BCUT2D eigenvalue weighted by Crippen LogP contribution is -2.30. The first-order valence-corrected chi connectivity index (χ1v) is 35.6. The van der Waals surface area contributed by atoms with Crippen molar-refractivity contribution in [3.63, 3.8) is 0 Å². The van der Waals surface area contributed by atoms with E-state index in [4.69, 9.17) is 14.2 Å². The molecule has 0 aromatic rings. The van der Waals surface area contributed by atoms with Gasteiger partial charge in [-0.25, -0.2) is 0 Å². The van der Waals surface area contributed by atoms with Crippen molar-refractivity contribution in [2.24, 2.45) is 0 Å². The van der Waals surface area contributed by atoms with Gasteiger partial charge in [0.1, 0.15) is 13.2 Å². The van der Waals surface area contributed by atoms with Crippen molar-refractivity contribution >= 4 is 17.9 Å². The molecule has 0 N–H and O–H groups in total. The zero-order valence-corrected chi connectivity index (χ0v) is 54.5. The third kappa shape index (κ3) is 67.4. The van der Waals surface area contributed by atoms with Crippen molar-refractivity contribution < 1.29 is 28.6 Å². The first-order valence-electron chi connectivity index (χ1n) is 35.6. The van der Waals surface area contributed by atoms with Crippen LogP contribution in [0.4, 0.5) is 0 Å². The van der Waals surface area contributed by atoms with E-state index >= 15 is 0 Å². The summed E-state index contributed by atoms with van der Waals surface area (Å²) >= 11 is 0. The Morgan fingerprint density at radius 2 is 0.476 bits per heavy atom. The molecule has 0 heterocycles. The van der Waals surface area contributed by atoms with Gasteiger partial charge >= 0.3 is 17.9 Å². The third-order valence-electron chi connectivity index (χ3n) is 15.6. The van der Waals surface area contributed by atoms with Crippen LogP contribution in [0, 0.1) is 0 Å². The van der Waals surface area contributed by atoms with Crippen LogP contribution in [0.15, 0.2) is 85.1 Å². The quantitative estimate of drug-likeness (QED) is 0.0261. The summed E-state index contributed by atoms with van der Waals surface area (Å²) in [7, 11) is 0. The Labute approximate surface area is 509 Å². The summed E-state index contributed by atoms with van der Waals surface area (Å²) in [5.74, 6) is -0.919. The van der Waals surface area contributed by atoms with Crippen molar-refractivity contribution in [2.45, 2.75) is 367 Å². The Hall–Kier alpha value is -3.41. The van der Waals surface area contributed by atoms with Gasteiger partial charge in [0.15, 0.2) is 6.10 Å². The van der Waals surface area contributed by atoms with Gasteiger partial charge in [0, 0.05) is 19.3 Å². The first-order chi connectivity index (χ1) is 40.5. The fourth-order valence-electron chi connectivity index (χ4n) is 10.4. The van der Waals surface area contributed by atoms with Crippen LogP contribution in [-0.2, 0) is 28.6 Å². The number of carbonyl (C=O) groups excluding carboxylic acids is 3. The number of hydrogen-bond donors (Lipinski definition) is 0. The standard InChI is InChI=1S/C76H134O6/c1-4-7-10-13-16-19-22-25-27-29-31-32-33-34-35-36-37-38-39-40-41-42-43-45-46-48-51-54-57-60-63-66-69-75(78)81-72-73(71-80-74(77)68-65-62-59-56-53-50-24-21-18-15-12-9-6-3)82-76(79)70-67-64-61-58-55-52-49-47-44-30-28-26-23-20-17-14-11-8-5-2/h8-9,11-12,17-18,20-21,26,28,44,47,50,53,73H,4-7,10,13-16,19,22-25,27,29-43,45-46,48-49,51-52,54-72H2,1-3H3/b11-8-,12-9-,20-17-,21-18-,28-26-,47-44-,53-50-. The molecule has 0 aromatic carbocycles. The van der Waals surface area contributed by atoms with Crippen molar-refractivity contribution in [2.75, 3.05) is 13.2 Å². The lowest BCUT2D eigenvalue weighted by atomic mass is 10.0. The highest BCUT2D eigenvalue weighted by atomic mass is 16.6. The van der Waals surface area contributed by atoms with Gasteiger partial charge in [-0.05, 0) is 89.9 Å². The topological polar surface area (TPSA) is 78.9 Å². The minimum atomic E-state index is -0.797. The van der Waals surface area contributed by atoms with Crippen LogP contribution in [0.1, 0.15) is 361 Å². The van der Waals surface area contributed by atoms with E-state index in [1.54, 1.807) is 0 Å². The van der Waals surface area contributed by atoms with E-state index in [9.17, 15) is 14.4 Å². The summed E-state index contributed by atoms with van der Waals surface area (Å²) in [4.78, 5) is 38.4. The molecule has 82 heavy (non-hydrogen) atoms. The Balaban J connectivity index is 4.18. The molecular weight excluding hydrogens is 1010 g/mol. The Morgan fingerprint density at radius 1 is 0.256 bits per heavy atom. The average Bonchev–Trinajstić information content (AvgIpc) is 3.47. The molecule has 0 rings (SSSR count). The number of allylic oxidation sites excluding steroid dienone is 14. The number of hydrogen-bond acceptors (Lipinski definition) is 6. The maximum absolute atomic E-state index is 12.9. The second-order valence-electron chi connectivity index (χ2n) is 23.7. The van der Waals surface area contributed by atoms with Gasteiger partial charge in [-0.3, -0.25) is 14.4 Å². The van der Waals surface area contributed by atoms with Crippen molar-refractivity contribution in [1.82, 2.24) is 0 Å². The molecule has 0 fully saturated rings. The normalized spacial score (nSPS) is 12.6. The van der Waals surface area contributed by atoms with Gasteiger partial charge in [-0.1, -0.05) is 337 Å². The van der Waals surface area contributed by atoms with Crippen LogP contribution < -0.4 is 0 Å². The molecule has 6 nitrogen and oxygen atoms in total. The Kier molecular flexibility index (Phi) is 67.2. The predicted molar refractivity (Wildman–Crippen MR) is 358 cm³/mol. The van der Waals surface area contributed by atoms with E-state index in [-0.39, 0.29) is 31.1 Å². The number of carbonyl (C=O) groups is 3. The molecular formula is C76H134O6. The van der Waals surface area contributed by atoms with E-state index < -0.39 is 6.10 Å². The Morgan fingerprint density at radius 3 is 0.756 bits per heavy atom. The fraction of sp³-hybridized carbons (Fsp3) is 0.776. The molecule has 0 bridgehead atoms. The fourth-order valence-corrected chi connectivity index (χ4v) is 10.4. The number of esters is 3. The average molecular weight is 1140 g/mol. The second kappa shape index (κ2) is 70.1. The van der Waals surface area contributed by atoms with Crippen molar-refractivity contribution in [3.05, 3.63) is 85.1 Å². The molecule has 0 radical (unpaired) electrons. The minimum Gasteiger partial charge on any atom is -0.462 e. The third-order valence-corrected chi connectivity index (χ3v) is 15.6. The highest BCUT2D eigenvalue weighted by molar-refractivity contribution is 5.71. The van der Waals surface area contributed by atoms with Crippen LogP contribution in [0.25, 0.3) is 0 Å². The largest absolute Gasteiger partial charge is 0.462 e. The number of rotatable bonds is 65. The van der Waals surface area contributed by atoms with Gasteiger partial charge in [0.2, 0.25) is 0 Å². The maximum Gasteiger partial charge on any atom is 0.306 e. The maximum atomic E-state index is 12.9. The summed E-state index contributed by atoms with van der Waals surface area (Å²) in [5, 5.41) is 0. The van der Waals surface area contributed by atoms with E-state index in [0.717, 1.165) is 122 Å². The van der Waals surface area contributed by atoms with E-state index in [2.05, 4.69) is 106 Å². The molecule has 0 saturated carbocycles. The predicted octanol–water partition coefficient (Wildman–Crippen LogP) is 24.6. The molecule has 0 aromatic heterocycles. The van der Waals surface area contributed by atoms with Crippen LogP contribution >= 0.6 is 0 Å². The molecule has 0 aliphatic heterocycles. The van der Waals surface area contributed by atoms with Crippen LogP contribution in [-0.4, -0.2) is 37.2 Å². The number of unbranched alkanes of at least 4 members (excludes halogenated alkanes) is 40. The van der Waals surface area contributed by atoms with Crippen molar-refractivity contribution in [1.29, 1.82) is 0 Å². The molecule has 1 atom stereocenters. The van der Waals surface area contributed by atoms with E-state index in [1.165, 1.54) is 199 Å². The summed E-state index contributed by atoms with van der Waals surface area (Å²) in [6, 6.07) is 0. The zero-order chi connectivity index (χ0) is 59.2. The summed E-state index contributed by atoms with van der Waals surface area (Å²) in [6.07, 6.45) is 93.5. The van der Waals surface area contributed by atoms with Crippen LogP contribution in [0.3, 0.4) is 0 Å². The molecule has 0 aliphatic carbocycles. The van der Waals surface area contributed by atoms with Gasteiger partial charge in [0.05, 0.1) is 0 Å². The van der Waals surface area contributed by atoms with Gasteiger partial charge in [-0.2, -0.15) is 0 Å². The Bertz CT molecular complexity index is 1550. The second-order valence-corrected chi connectivity index (χ2v) is 23.7. The summed E-state index contributed by atoms with van der Waals surface area (Å²) in [6.45, 7) is 6.42. The lowest BCUT2D eigenvalue weighted by molar-refractivity contribution is -0.167. The SMILES string of the molecule is CC/C=C\C/C=C\C/C=C\C/C=C\CCCCCCCCC(=O)OC(COC(=O)CCCCC/C=C\C/C=C\C/C=C\CC)COC(=O)CCCCCCCCCCCCCCCCCCCCCCCCCCCCCCCCCC. The van der Waals surface area contributed by atoms with Crippen LogP contribution in [0.5, 0.6) is 0 Å². The van der Waals surface area contributed by atoms with E-state index in [1.807, 2.05) is 0 Å². The minimum absolute atomic E-state index is 0.0896. The molecule has 0 spiro atoms. The molecule has 474 valence electrons. The first kappa shape index (κ1) is 78.6. The highest BCUT2D eigenvalue weighted by Crippen LogP contribution is 2.18. The summed E-state index contributed by atoms with van der Waals surface area (Å²) in [5.41, 5.74) is 0. The molecule has 0 aliphatic rings. The molecule has 0 saturated heterocycles. The summed E-state index contributed by atoms with van der Waals surface area (Å²) < 4.78 is 16.9. The molecule has 6 heteroatoms.